The molecule has 0 aliphatic carbocycles. The van der Waals surface area contributed by atoms with E-state index in [1.54, 1.807) is 0 Å². The molecule has 0 aliphatic heterocycles. The highest BCUT2D eigenvalue weighted by molar-refractivity contribution is 6.07. The number of nitrogens with zero attached hydrogens (tertiary/aromatic N) is 1. The van der Waals surface area contributed by atoms with E-state index in [0.29, 0.717) is 0 Å². The van der Waals surface area contributed by atoms with Crippen LogP contribution in [0.3, 0.4) is 0 Å². The SMILES string of the molecule is CC(=O)OCc1cc2c(ccc3ccccc32)cn1. The maximum Gasteiger partial charge on any atom is 0.303 e. The highest BCUT2D eigenvalue weighted by Gasteiger charge is 2.03. The first-order valence-corrected chi connectivity index (χ1v) is 6.14. The van der Waals surface area contributed by atoms with Gasteiger partial charge in [0.15, 0.2) is 0 Å². The summed E-state index contributed by atoms with van der Waals surface area (Å²) in [4.78, 5) is 15.2. The number of carbonyl (C=O) groups excluding carboxylic acids is 1. The molecule has 0 N–H and O–H groups in total. The number of pyridine rings is 1. The summed E-state index contributed by atoms with van der Waals surface area (Å²) in [5.41, 5.74) is 0.763. The lowest BCUT2D eigenvalue weighted by molar-refractivity contribution is -0.142. The molecule has 19 heavy (non-hydrogen) atoms. The van der Waals surface area contributed by atoms with E-state index in [4.69, 9.17) is 4.74 Å². The average Bonchev–Trinajstić information content (AvgIpc) is 2.44. The molecule has 0 saturated carbocycles. The van der Waals surface area contributed by atoms with Crippen molar-refractivity contribution in [3.8, 4) is 0 Å². The van der Waals surface area contributed by atoms with Crippen LogP contribution < -0.4 is 0 Å². The van der Waals surface area contributed by atoms with Crippen LogP contribution in [0.1, 0.15) is 12.6 Å². The maximum absolute atomic E-state index is 10.8. The lowest BCUT2D eigenvalue weighted by Gasteiger charge is -2.06. The van der Waals surface area contributed by atoms with E-state index in [-0.39, 0.29) is 12.6 Å². The number of hydrogen-bond donors (Lipinski definition) is 0. The van der Waals surface area contributed by atoms with E-state index in [0.717, 1.165) is 16.5 Å². The Balaban J connectivity index is 2.14. The molecule has 0 unspecified atom stereocenters. The van der Waals surface area contributed by atoms with Crippen molar-refractivity contribution in [1.82, 2.24) is 4.98 Å². The minimum Gasteiger partial charge on any atom is -0.459 e. The molecule has 3 heteroatoms. The fourth-order valence-electron chi connectivity index (χ4n) is 2.20. The predicted molar refractivity (Wildman–Crippen MR) is 74.7 cm³/mol. The molecule has 0 fully saturated rings. The van der Waals surface area contributed by atoms with E-state index in [2.05, 4.69) is 29.2 Å². The summed E-state index contributed by atoms with van der Waals surface area (Å²) < 4.78 is 4.99. The molecular formula is C16H13NO2. The van der Waals surface area contributed by atoms with Crippen molar-refractivity contribution in [2.45, 2.75) is 13.5 Å². The van der Waals surface area contributed by atoms with E-state index < -0.39 is 0 Å². The Hall–Kier alpha value is -2.42. The smallest absolute Gasteiger partial charge is 0.303 e. The monoisotopic (exact) mass is 251 g/mol. The van der Waals surface area contributed by atoms with Crippen molar-refractivity contribution in [3.05, 3.63) is 54.4 Å². The van der Waals surface area contributed by atoms with Gasteiger partial charge in [0.2, 0.25) is 0 Å². The van der Waals surface area contributed by atoms with Crippen LogP contribution in [0.2, 0.25) is 0 Å². The van der Waals surface area contributed by atoms with E-state index in [1.807, 2.05) is 24.4 Å². The summed E-state index contributed by atoms with van der Waals surface area (Å²) in [7, 11) is 0. The number of carbonyl (C=O) groups is 1. The van der Waals surface area contributed by atoms with Gasteiger partial charge in [-0.25, -0.2) is 0 Å². The quantitative estimate of drug-likeness (QED) is 0.517. The second-order valence-electron chi connectivity index (χ2n) is 4.46. The number of esters is 1. The molecular weight excluding hydrogens is 238 g/mol. The Morgan fingerprint density at radius 2 is 1.89 bits per heavy atom. The third kappa shape index (κ3) is 2.27. The molecule has 0 spiro atoms. The van der Waals surface area contributed by atoms with Crippen LogP contribution in [0, 0.1) is 0 Å². The second kappa shape index (κ2) is 4.69. The fourth-order valence-corrected chi connectivity index (χ4v) is 2.20. The zero-order valence-corrected chi connectivity index (χ0v) is 10.6. The largest absolute Gasteiger partial charge is 0.459 e. The van der Waals surface area contributed by atoms with Crippen molar-refractivity contribution < 1.29 is 9.53 Å². The predicted octanol–water partition coefficient (Wildman–Crippen LogP) is 3.45. The molecule has 0 radical (unpaired) electrons. The molecule has 94 valence electrons. The van der Waals surface area contributed by atoms with Crippen LogP contribution in [-0.2, 0) is 16.1 Å². The van der Waals surface area contributed by atoms with Gasteiger partial charge in [0.05, 0.1) is 5.69 Å². The third-order valence-electron chi connectivity index (χ3n) is 3.11. The van der Waals surface area contributed by atoms with Crippen LogP contribution in [0.15, 0.2) is 48.7 Å². The van der Waals surface area contributed by atoms with Gasteiger partial charge in [-0.3, -0.25) is 9.78 Å². The number of fused-ring (bicyclic) bond motifs is 3. The standard InChI is InChI=1S/C16H13NO2/c1-11(18)19-10-14-8-16-13(9-17-14)7-6-12-4-2-3-5-15(12)16/h2-9H,10H2,1H3. The summed E-state index contributed by atoms with van der Waals surface area (Å²) in [6.45, 7) is 1.62. The van der Waals surface area contributed by atoms with Crippen LogP contribution in [-0.4, -0.2) is 11.0 Å². The van der Waals surface area contributed by atoms with Crippen molar-refractivity contribution in [1.29, 1.82) is 0 Å². The van der Waals surface area contributed by atoms with E-state index in [1.165, 1.54) is 17.7 Å². The summed E-state index contributed by atoms with van der Waals surface area (Å²) >= 11 is 0. The normalized spacial score (nSPS) is 10.8. The third-order valence-corrected chi connectivity index (χ3v) is 3.11. The lowest BCUT2D eigenvalue weighted by Crippen LogP contribution is -2.00. The van der Waals surface area contributed by atoms with Gasteiger partial charge in [-0.1, -0.05) is 36.4 Å². The molecule has 0 amide bonds. The van der Waals surface area contributed by atoms with Gasteiger partial charge in [-0.05, 0) is 22.2 Å². The molecule has 3 aromatic rings. The zero-order valence-electron chi connectivity index (χ0n) is 10.6. The topological polar surface area (TPSA) is 39.2 Å². The van der Waals surface area contributed by atoms with Gasteiger partial charge in [0, 0.05) is 18.5 Å². The maximum atomic E-state index is 10.8. The summed E-state index contributed by atoms with van der Waals surface area (Å²) in [6, 6.07) is 14.4. The van der Waals surface area contributed by atoms with Crippen molar-refractivity contribution in [2.75, 3.05) is 0 Å². The molecule has 0 aliphatic rings. The lowest BCUT2D eigenvalue weighted by atomic mass is 10.0. The first-order valence-electron chi connectivity index (χ1n) is 6.14. The Morgan fingerprint density at radius 3 is 2.74 bits per heavy atom. The van der Waals surface area contributed by atoms with Crippen LogP contribution in [0.5, 0.6) is 0 Å². The number of hydrogen-bond acceptors (Lipinski definition) is 3. The van der Waals surface area contributed by atoms with Gasteiger partial charge in [0.25, 0.3) is 0 Å². The molecule has 2 aromatic carbocycles. The first-order chi connectivity index (χ1) is 9.24. The summed E-state index contributed by atoms with van der Waals surface area (Å²) in [5.74, 6) is -0.292. The number of benzene rings is 2. The van der Waals surface area contributed by atoms with Crippen molar-refractivity contribution in [3.63, 3.8) is 0 Å². The Bertz CT molecular complexity index is 765. The number of ether oxygens (including phenoxy) is 1. The highest BCUT2D eigenvalue weighted by atomic mass is 16.5. The molecule has 3 rings (SSSR count). The first kappa shape index (κ1) is 11.7. The number of aromatic nitrogens is 1. The Morgan fingerprint density at radius 1 is 1.11 bits per heavy atom. The molecule has 0 bridgehead atoms. The molecule has 1 aromatic heterocycles. The van der Waals surface area contributed by atoms with Gasteiger partial charge >= 0.3 is 5.97 Å². The van der Waals surface area contributed by atoms with Crippen LogP contribution in [0.25, 0.3) is 21.5 Å². The minimum absolute atomic E-state index is 0.217. The van der Waals surface area contributed by atoms with E-state index >= 15 is 0 Å². The van der Waals surface area contributed by atoms with Gasteiger partial charge in [-0.15, -0.1) is 0 Å². The number of rotatable bonds is 2. The van der Waals surface area contributed by atoms with Crippen LogP contribution in [0.4, 0.5) is 0 Å². The van der Waals surface area contributed by atoms with Gasteiger partial charge < -0.3 is 4.74 Å². The van der Waals surface area contributed by atoms with Crippen molar-refractivity contribution >= 4 is 27.5 Å². The average molecular weight is 251 g/mol. The minimum atomic E-state index is -0.292. The summed E-state index contributed by atoms with van der Waals surface area (Å²) in [6.07, 6.45) is 1.82. The van der Waals surface area contributed by atoms with Crippen LogP contribution >= 0.6 is 0 Å². The molecule has 3 nitrogen and oxygen atoms in total. The molecule has 1 heterocycles. The molecule has 0 atom stereocenters. The summed E-state index contributed by atoms with van der Waals surface area (Å²) in [5, 5.41) is 4.60. The fraction of sp³-hybridized carbons (Fsp3) is 0.125. The Labute approximate surface area is 110 Å². The van der Waals surface area contributed by atoms with Crippen molar-refractivity contribution in [2.24, 2.45) is 0 Å². The molecule has 0 saturated heterocycles. The van der Waals surface area contributed by atoms with E-state index in [9.17, 15) is 4.79 Å². The van der Waals surface area contributed by atoms with Gasteiger partial charge in [-0.2, -0.15) is 0 Å². The second-order valence-corrected chi connectivity index (χ2v) is 4.46. The highest BCUT2D eigenvalue weighted by Crippen LogP contribution is 2.25. The van der Waals surface area contributed by atoms with Gasteiger partial charge in [0.1, 0.15) is 6.61 Å². The zero-order chi connectivity index (χ0) is 13.2. The Kier molecular flexibility index (Phi) is 2.88.